The van der Waals surface area contributed by atoms with Crippen LogP contribution in [0.3, 0.4) is 0 Å². The van der Waals surface area contributed by atoms with Crippen molar-refractivity contribution in [3.05, 3.63) is 10.6 Å². The zero-order valence-corrected chi connectivity index (χ0v) is 16.5. The second kappa shape index (κ2) is 7.43. The van der Waals surface area contributed by atoms with Crippen molar-refractivity contribution in [1.29, 1.82) is 0 Å². The zero-order chi connectivity index (χ0) is 18.3. The van der Waals surface area contributed by atoms with Gasteiger partial charge in [-0.25, -0.2) is 4.79 Å². The van der Waals surface area contributed by atoms with E-state index in [0.717, 1.165) is 30.5 Å². The van der Waals surface area contributed by atoms with Crippen molar-refractivity contribution in [2.75, 3.05) is 39.0 Å². The predicted octanol–water partition coefficient (Wildman–Crippen LogP) is 0.460. The molecule has 1 amide bonds. The maximum atomic E-state index is 12.2. The van der Waals surface area contributed by atoms with Crippen molar-refractivity contribution in [3.63, 3.8) is 0 Å². The van der Waals surface area contributed by atoms with Crippen LogP contribution in [0.2, 0.25) is 0 Å². The molecule has 3 heterocycles. The van der Waals surface area contributed by atoms with E-state index in [1.54, 1.807) is 6.92 Å². The first kappa shape index (κ1) is 19.0. The first-order chi connectivity index (χ1) is 11.8. The lowest BCUT2D eigenvalue weighted by Gasteiger charge is -2.43. The average Bonchev–Trinajstić information content (AvgIpc) is 2.87. The van der Waals surface area contributed by atoms with E-state index in [0.29, 0.717) is 10.7 Å². The van der Waals surface area contributed by atoms with Crippen LogP contribution in [0.1, 0.15) is 6.92 Å². The summed E-state index contributed by atoms with van der Waals surface area (Å²) in [6.45, 7) is 5.23. The molecule has 0 aromatic rings. The number of carboxylic acids is 1. The molecule has 0 bridgehead atoms. The number of likely N-dealkylation sites (N-methyl/N-ethyl adjacent to an activating group) is 1. The lowest BCUT2D eigenvalue weighted by molar-refractivity contribution is -0.156. The number of carbonyl (C=O) groups excluding carboxylic acids is 1. The van der Waals surface area contributed by atoms with Gasteiger partial charge in [0, 0.05) is 36.8 Å². The van der Waals surface area contributed by atoms with Crippen molar-refractivity contribution in [2.45, 2.75) is 18.4 Å². The number of amides is 1. The van der Waals surface area contributed by atoms with E-state index >= 15 is 0 Å². The SMILES string of the molecule is C[C@@H](O)[C@H]1C(=O)N2C(C(=O)O)=C(CSC(=S)N3CCN(C)CC3)S[C@H]12. The molecule has 3 aliphatic rings. The van der Waals surface area contributed by atoms with Gasteiger partial charge in [0.05, 0.1) is 12.0 Å². The number of fused-ring (bicyclic) bond motifs is 1. The second-order valence-corrected chi connectivity index (χ2v) is 9.23. The smallest absolute Gasteiger partial charge is 0.353 e. The highest BCUT2D eigenvalue weighted by Crippen LogP contribution is 2.51. The molecule has 25 heavy (non-hydrogen) atoms. The number of aliphatic carboxylic acids is 1. The standard InChI is InChI=1S/C15H21N3O4S3/c1-8(19)10-12(20)18-11(14(21)22)9(25-13(10)18)7-24-15(23)17-5-3-16(2)4-6-17/h8,10,13,19H,3-7H2,1-2H3,(H,21,22)/t8-,10+,13-/m1/s1. The van der Waals surface area contributed by atoms with Crippen molar-refractivity contribution >= 4 is 51.9 Å². The fraction of sp³-hybridized carbons (Fsp3) is 0.667. The first-order valence-corrected chi connectivity index (χ1v) is 10.3. The van der Waals surface area contributed by atoms with Crippen molar-refractivity contribution < 1.29 is 19.8 Å². The number of hydrogen-bond acceptors (Lipinski definition) is 7. The third-order valence-corrected chi connectivity index (χ3v) is 7.76. The van der Waals surface area contributed by atoms with Gasteiger partial charge in [-0.15, -0.1) is 11.8 Å². The van der Waals surface area contributed by atoms with Gasteiger partial charge < -0.3 is 20.0 Å². The van der Waals surface area contributed by atoms with Crippen molar-refractivity contribution in [1.82, 2.24) is 14.7 Å². The van der Waals surface area contributed by atoms with Crippen LogP contribution in [0.15, 0.2) is 10.6 Å². The van der Waals surface area contributed by atoms with E-state index in [1.165, 1.54) is 28.4 Å². The van der Waals surface area contributed by atoms with Gasteiger partial charge in [0.2, 0.25) is 5.91 Å². The summed E-state index contributed by atoms with van der Waals surface area (Å²) < 4.78 is 0.763. The van der Waals surface area contributed by atoms with Gasteiger partial charge in [-0.1, -0.05) is 24.0 Å². The predicted molar refractivity (Wildman–Crippen MR) is 102 cm³/mol. The molecule has 0 aromatic carbocycles. The van der Waals surface area contributed by atoms with Crippen LogP contribution in [0.4, 0.5) is 0 Å². The van der Waals surface area contributed by atoms with Gasteiger partial charge in [-0.05, 0) is 14.0 Å². The third kappa shape index (κ3) is 3.55. The molecule has 0 aromatic heterocycles. The van der Waals surface area contributed by atoms with E-state index in [9.17, 15) is 19.8 Å². The van der Waals surface area contributed by atoms with Crippen LogP contribution in [0.5, 0.6) is 0 Å². The summed E-state index contributed by atoms with van der Waals surface area (Å²) in [6.07, 6.45) is -0.783. The summed E-state index contributed by atoms with van der Waals surface area (Å²) in [6, 6.07) is 0. The molecule has 10 heteroatoms. The van der Waals surface area contributed by atoms with Gasteiger partial charge in [-0.3, -0.25) is 9.69 Å². The molecule has 0 aliphatic carbocycles. The molecule has 3 rings (SSSR count). The van der Waals surface area contributed by atoms with Gasteiger partial charge in [0.15, 0.2) is 0 Å². The number of hydrogen-bond donors (Lipinski definition) is 2. The van der Waals surface area contributed by atoms with Crippen LogP contribution >= 0.6 is 35.7 Å². The molecule has 0 unspecified atom stereocenters. The fourth-order valence-electron chi connectivity index (χ4n) is 3.16. The van der Waals surface area contributed by atoms with Gasteiger partial charge in [-0.2, -0.15) is 0 Å². The highest BCUT2D eigenvalue weighted by Gasteiger charge is 2.57. The Bertz CT molecular complexity index is 632. The minimum absolute atomic E-state index is 0.0468. The largest absolute Gasteiger partial charge is 0.477 e. The lowest BCUT2D eigenvalue weighted by atomic mass is 9.92. The van der Waals surface area contributed by atoms with E-state index in [1.807, 2.05) is 0 Å². The quantitative estimate of drug-likeness (QED) is 0.514. The van der Waals surface area contributed by atoms with Crippen LogP contribution in [-0.2, 0) is 9.59 Å². The maximum absolute atomic E-state index is 12.2. The van der Waals surface area contributed by atoms with Crippen LogP contribution in [-0.4, -0.2) is 91.6 Å². The summed E-state index contributed by atoms with van der Waals surface area (Å²) in [5.41, 5.74) is 0.0468. The van der Waals surface area contributed by atoms with Gasteiger partial charge in [0.1, 0.15) is 15.4 Å². The first-order valence-electron chi connectivity index (χ1n) is 8.05. The number of aliphatic hydroxyl groups excluding tert-OH is 1. The van der Waals surface area contributed by atoms with Gasteiger partial charge in [0.25, 0.3) is 0 Å². The van der Waals surface area contributed by atoms with Crippen LogP contribution < -0.4 is 0 Å². The van der Waals surface area contributed by atoms with E-state index < -0.39 is 18.0 Å². The molecule has 2 saturated heterocycles. The monoisotopic (exact) mass is 403 g/mol. The molecular weight excluding hydrogens is 382 g/mol. The minimum atomic E-state index is -1.10. The zero-order valence-electron chi connectivity index (χ0n) is 14.0. The fourth-order valence-corrected chi connectivity index (χ4v) is 6.12. The number of β-lactam (4-membered cyclic amide) rings is 1. The topological polar surface area (TPSA) is 84.3 Å². The molecule has 2 fully saturated rings. The molecule has 0 saturated carbocycles. The Kier molecular flexibility index (Phi) is 5.64. The average molecular weight is 404 g/mol. The molecule has 138 valence electrons. The van der Waals surface area contributed by atoms with Gasteiger partial charge >= 0.3 is 5.97 Å². The number of rotatable bonds is 4. The summed E-state index contributed by atoms with van der Waals surface area (Å²) >= 11 is 8.29. The summed E-state index contributed by atoms with van der Waals surface area (Å²) in [5, 5.41) is 18.9. The van der Waals surface area contributed by atoms with E-state index in [2.05, 4.69) is 16.8 Å². The Labute approximate surface area is 160 Å². The lowest BCUT2D eigenvalue weighted by Crippen LogP contribution is -2.60. The highest BCUT2D eigenvalue weighted by atomic mass is 32.2. The Morgan fingerprint density at radius 2 is 2.04 bits per heavy atom. The number of carboxylic acid groups (broad SMARTS) is 1. The highest BCUT2D eigenvalue weighted by molar-refractivity contribution is 8.23. The number of carbonyl (C=O) groups is 2. The number of piperazine rings is 1. The Morgan fingerprint density at radius 1 is 1.40 bits per heavy atom. The molecule has 0 radical (unpaired) electrons. The Hall–Kier alpha value is -0.810. The number of aliphatic hydroxyl groups is 1. The van der Waals surface area contributed by atoms with Crippen molar-refractivity contribution in [2.24, 2.45) is 5.92 Å². The van der Waals surface area contributed by atoms with E-state index in [-0.39, 0.29) is 17.0 Å². The molecule has 3 atom stereocenters. The third-order valence-electron chi connectivity index (χ3n) is 4.66. The normalized spacial score (nSPS) is 28.0. The molecule has 3 aliphatic heterocycles. The maximum Gasteiger partial charge on any atom is 0.353 e. The van der Waals surface area contributed by atoms with E-state index in [4.69, 9.17) is 12.2 Å². The number of thiocarbonyl (C=S) groups is 1. The molecule has 2 N–H and O–H groups in total. The molecule has 0 spiro atoms. The Morgan fingerprint density at radius 3 is 2.60 bits per heavy atom. The van der Waals surface area contributed by atoms with Crippen molar-refractivity contribution in [3.8, 4) is 0 Å². The summed E-state index contributed by atoms with van der Waals surface area (Å²) in [5.74, 6) is -1.52. The summed E-state index contributed by atoms with van der Waals surface area (Å²) in [7, 11) is 2.08. The second-order valence-electron chi connectivity index (χ2n) is 6.40. The van der Waals surface area contributed by atoms with Crippen LogP contribution in [0.25, 0.3) is 0 Å². The van der Waals surface area contributed by atoms with Crippen LogP contribution in [0, 0.1) is 5.92 Å². The Balaban J connectivity index is 1.64. The summed E-state index contributed by atoms with van der Waals surface area (Å²) in [4.78, 5) is 30.1. The molecular formula is C15H21N3O4S3. The number of thioether (sulfide) groups is 2. The number of nitrogens with zero attached hydrogens (tertiary/aromatic N) is 3. The minimum Gasteiger partial charge on any atom is -0.477 e. The molecule has 7 nitrogen and oxygen atoms in total.